The van der Waals surface area contributed by atoms with E-state index in [4.69, 9.17) is 9.15 Å². The molecule has 10 nitrogen and oxygen atoms in total. The van der Waals surface area contributed by atoms with Crippen molar-refractivity contribution >= 4 is 22.6 Å². The first-order chi connectivity index (χ1) is 16.7. The van der Waals surface area contributed by atoms with Crippen LogP contribution < -0.4 is 21.1 Å². The van der Waals surface area contributed by atoms with Gasteiger partial charge >= 0.3 is 5.63 Å². The predicted octanol–water partition coefficient (Wildman–Crippen LogP) is 2.60. The van der Waals surface area contributed by atoms with Gasteiger partial charge in [-0.2, -0.15) is 0 Å². The second kappa shape index (κ2) is 8.54. The van der Waals surface area contributed by atoms with E-state index in [0.29, 0.717) is 42.1 Å². The number of likely N-dealkylation sites (tertiary alicyclic amines) is 1. The third-order valence-electron chi connectivity index (χ3n) is 7.32. The van der Waals surface area contributed by atoms with Crippen molar-refractivity contribution in [1.82, 2.24) is 9.47 Å². The molecule has 1 amide bonds. The summed E-state index contributed by atoms with van der Waals surface area (Å²) in [6, 6.07) is 6.59. The van der Waals surface area contributed by atoms with Gasteiger partial charge in [-0.25, -0.2) is 4.79 Å². The summed E-state index contributed by atoms with van der Waals surface area (Å²) in [5.74, 6) is 0.314. The standard InChI is InChI=1S/C25H26N3O7/c1-13-14(2)25(31)35-23-15(3)21(7-4-18(13)23)34-12-22(29)26-9-16-8-17(11-26)19-5-6-20(28(32)33)24(30)27(19)10-16/h4-7,16-17,32H,8-12H2,1-3H3/q-1. The Kier molecular flexibility index (Phi) is 5.65. The van der Waals surface area contributed by atoms with E-state index in [-0.39, 0.29) is 35.7 Å². The molecule has 1 N–H and O–H groups in total. The zero-order valence-corrected chi connectivity index (χ0v) is 19.7. The number of hydrogen-bond donors (Lipinski definition) is 1. The van der Waals surface area contributed by atoms with Crippen LogP contribution in [0.5, 0.6) is 5.75 Å². The number of benzene rings is 1. The summed E-state index contributed by atoms with van der Waals surface area (Å²) in [6.07, 6.45) is 0.839. The van der Waals surface area contributed by atoms with Crippen LogP contribution in [0, 0.1) is 31.9 Å². The summed E-state index contributed by atoms with van der Waals surface area (Å²) in [5, 5.41) is 20.8. The third kappa shape index (κ3) is 3.88. The van der Waals surface area contributed by atoms with Gasteiger partial charge in [-0.05, 0) is 62.9 Å². The second-order valence-electron chi connectivity index (χ2n) is 9.42. The molecule has 5 rings (SSSR count). The Balaban J connectivity index is 1.33. The minimum absolute atomic E-state index is 0.0464. The maximum atomic E-state index is 13.0. The molecule has 2 atom stereocenters. The molecule has 0 saturated carbocycles. The average molecular weight is 480 g/mol. The molecule has 10 heteroatoms. The Morgan fingerprint density at radius 2 is 1.89 bits per heavy atom. The van der Waals surface area contributed by atoms with Gasteiger partial charge in [0.25, 0.3) is 11.5 Å². The van der Waals surface area contributed by atoms with Crippen LogP contribution in [0.15, 0.2) is 38.3 Å². The topological polar surface area (TPSA) is 128 Å². The Labute approximate surface area is 200 Å². The molecule has 2 aromatic heterocycles. The normalized spacial score (nSPS) is 18.9. The number of rotatable bonds is 4. The highest BCUT2D eigenvalue weighted by Crippen LogP contribution is 2.36. The summed E-state index contributed by atoms with van der Waals surface area (Å²) < 4.78 is 12.9. The molecule has 1 fully saturated rings. The number of amides is 1. The van der Waals surface area contributed by atoms with Gasteiger partial charge in [0.1, 0.15) is 17.0 Å². The van der Waals surface area contributed by atoms with Crippen molar-refractivity contribution in [3.05, 3.63) is 72.6 Å². The number of hydrogen-bond acceptors (Lipinski definition) is 8. The fraction of sp³-hybridized carbons (Fsp3) is 0.400. The Bertz CT molecular complexity index is 1460. The van der Waals surface area contributed by atoms with E-state index in [2.05, 4.69) is 0 Å². The van der Waals surface area contributed by atoms with Crippen LogP contribution in [-0.4, -0.2) is 40.3 Å². The van der Waals surface area contributed by atoms with Crippen LogP contribution in [0.4, 0.5) is 5.69 Å². The number of fused-ring (bicyclic) bond motifs is 5. The summed E-state index contributed by atoms with van der Waals surface area (Å²) in [6.45, 7) is 6.51. The van der Waals surface area contributed by atoms with E-state index in [0.717, 1.165) is 23.1 Å². The van der Waals surface area contributed by atoms with Gasteiger partial charge in [0.2, 0.25) is 0 Å². The van der Waals surface area contributed by atoms with Crippen LogP contribution in [-0.2, 0) is 11.3 Å². The van der Waals surface area contributed by atoms with Crippen LogP contribution in [0.2, 0.25) is 0 Å². The van der Waals surface area contributed by atoms with E-state index in [1.807, 2.05) is 13.0 Å². The highest BCUT2D eigenvalue weighted by Gasteiger charge is 2.36. The maximum Gasteiger partial charge on any atom is 0.339 e. The minimum Gasteiger partial charge on any atom is -0.733 e. The highest BCUT2D eigenvalue weighted by atomic mass is 16.8. The second-order valence-corrected chi connectivity index (χ2v) is 9.42. The third-order valence-corrected chi connectivity index (χ3v) is 7.32. The molecule has 2 bridgehead atoms. The van der Waals surface area contributed by atoms with Gasteiger partial charge in [0.15, 0.2) is 6.61 Å². The summed E-state index contributed by atoms with van der Waals surface area (Å²) in [7, 11) is 0. The van der Waals surface area contributed by atoms with Crippen molar-refractivity contribution in [1.29, 1.82) is 0 Å². The lowest BCUT2D eigenvalue weighted by Gasteiger charge is -2.43. The van der Waals surface area contributed by atoms with Crippen LogP contribution >= 0.6 is 0 Å². The lowest BCUT2D eigenvalue weighted by atomic mass is 9.83. The van der Waals surface area contributed by atoms with Crippen molar-refractivity contribution in [3.8, 4) is 5.75 Å². The van der Waals surface area contributed by atoms with E-state index < -0.39 is 10.8 Å². The molecule has 1 saturated heterocycles. The van der Waals surface area contributed by atoms with Crippen molar-refractivity contribution in [2.24, 2.45) is 5.92 Å². The molecule has 0 radical (unpaired) electrons. The van der Waals surface area contributed by atoms with Crippen LogP contribution in [0.3, 0.4) is 0 Å². The van der Waals surface area contributed by atoms with Gasteiger partial charge < -0.3 is 29.1 Å². The average Bonchev–Trinajstić information content (AvgIpc) is 2.82. The van der Waals surface area contributed by atoms with E-state index in [1.165, 1.54) is 10.6 Å². The first-order valence-electron chi connectivity index (χ1n) is 11.5. The van der Waals surface area contributed by atoms with E-state index in [9.17, 15) is 24.8 Å². The number of pyridine rings is 1. The van der Waals surface area contributed by atoms with E-state index in [1.54, 1.807) is 30.9 Å². The lowest BCUT2D eigenvalue weighted by molar-refractivity contribution is -0.136. The summed E-state index contributed by atoms with van der Waals surface area (Å²) in [5.41, 5.74) is 2.06. The summed E-state index contributed by atoms with van der Waals surface area (Å²) in [4.78, 5) is 39.5. The Morgan fingerprint density at radius 1 is 1.11 bits per heavy atom. The Hall–Kier alpha value is -3.63. The lowest BCUT2D eigenvalue weighted by Crippen LogP contribution is -2.50. The van der Waals surface area contributed by atoms with Crippen molar-refractivity contribution < 1.29 is 19.2 Å². The fourth-order valence-electron chi connectivity index (χ4n) is 5.30. The van der Waals surface area contributed by atoms with Crippen molar-refractivity contribution in [3.63, 3.8) is 0 Å². The molecule has 3 aromatic rings. The molecule has 35 heavy (non-hydrogen) atoms. The first kappa shape index (κ1) is 23.1. The zero-order chi connectivity index (χ0) is 25.0. The quantitative estimate of drug-likeness (QED) is 0.446. The number of ether oxygens (including phenoxy) is 1. The molecule has 0 spiro atoms. The van der Waals surface area contributed by atoms with Crippen LogP contribution in [0.25, 0.3) is 11.0 Å². The first-order valence-corrected chi connectivity index (χ1v) is 11.5. The molecule has 2 aliphatic rings. The molecule has 1 aromatic carbocycles. The number of nitrogens with zero attached hydrogens (tertiary/aromatic N) is 3. The van der Waals surface area contributed by atoms with Gasteiger partial charge in [0, 0.05) is 47.8 Å². The van der Waals surface area contributed by atoms with Gasteiger partial charge in [0.05, 0.1) is 0 Å². The van der Waals surface area contributed by atoms with Crippen LogP contribution in [0.1, 0.15) is 34.7 Å². The molecule has 2 aliphatic heterocycles. The molecule has 2 unspecified atom stereocenters. The number of carbonyl (C=O) groups excluding carboxylic acids is 1. The van der Waals surface area contributed by atoms with E-state index >= 15 is 0 Å². The van der Waals surface area contributed by atoms with Gasteiger partial charge in [-0.1, -0.05) is 0 Å². The smallest absolute Gasteiger partial charge is 0.339 e. The minimum atomic E-state index is -0.526. The van der Waals surface area contributed by atoms with Crippen molar-refractivity contribution in [2.75, 3.05) is 24.9 Å². The molecular formula is C25H26N3O7-. The monoisotopic (exact) mass is 480 g/mol. The Morgan fingerprint density at radius 3 is 2.63 bits per heavy atom. The molecular weight excluding hydrogens is 454 g/mol. The molecule has 4 heterocycles. The highest BCUT2D eigenvalue weighted by molar-refractivity contribution is 5.86. The van der Waals surface area contributed by atoms with Gasteiger partial charge in [-0.15, -0.1) is 0 Å². The molecule has 0 aliphatic carbocycles. The fourth-order valence-corrected chi connectivity index (χ4v) is 5.30. The summed E-state index contributed by atoms with van der Waals surface area (Å²) >= 11 is 0. The largest absolute Gasteiger partial charge is 0.733 e. The number of anilines is 1. The number of carbonyl (C=O) groups is 1. The maximum absolute atomic E-state index is 13.0. The zero-order valence-electron chi connectivity index (χ0n) is 19.7. The molecule has 184 valence electrons. The van der Waals surface area contributed by atoms with Crippen molar-refractivity contribution in [2.45, 2.75) is 39.7 Å². The SMILES string of the molecule is Cc1c(C)c2ccc(OCC(=O)N3CC4CC(C3)c3ccc(N([O-])O)c(=O)n3C4)c(C)c2oc1=O. The number of aryl methyl sites for hydroxylation is 2. The number of piperidine rings is 1. The van der Waals surface area contributed by atoms with Gasteiger partial charge in [-0.3, -0.25) is 14.8 Å². The predicted molar refractivity (Wildman–Crippen MR) is 128 cm³/mol. The number of aromatic nitrogens is 1.